The minimum absolute atomic E-state index is 0.527. The summed E-state index contributed by atoms with van der Waals surface area (Å²) in [5.74, 6) is 1.33. The van der Waals surface area contributed by atoms with Crippen LogP contribution >= 0.6 is 11.8 Å². The molecule has 0 bridgehead atoms. The number of ether oxygens (including phenoxy) is 1. The van der Waals surface area contributed by atoms with E-state index >= 15 is 0 Å². The Balaban J connectivity index is 2.14. The van der Waals surface area contributed by atoms with Crippen molar-refractivity contribution in [2.75, 3.05) is 13.0 Å². The third-order valence-electron chi connectivity index (χ3n) is 3.63. The molecule has 2 heterocycles. The van der Waals surface area contributed by atoms with Crippen LogP contribution in [0, 0.1) is 13.8 Å². The SMILES string of the molecule is COCSc1nnc(-c2ccncc2)n1-c1ccc(C)c(C)c1. The predicted molar refractivity (Wildman–Crippen MR) is 91.8 cm³/mol. The molecule has 0 N–H and O–H groups in total. The summed E-state index contributed by atoms with van der Waals surface area (Å²) in [5.41, 5.74) is 4.52. The molecule has 5 nitrogen and oxygen atoms in total. The van der Waals surface area contributed by atoms with E-state index in [4.69, 9.17) is 4.74 Å². The molecule has 23 heavy (non-hydrogen) atoms. The third kappa shape index (κ3) is 3.28. The van der Waals surface area contributed by atoms with Crippen molar-refractivity contribution in [3.63, 3.8) is 0 Å². The first kappa shape index (κ1) is 15.7. The molecule has 3 aromatic rings. The average molecular weight is 326 g/mol. The molecule has 0 saturated heterocycles. The van der Waals surface area contributed by atoms with Gasteiger partial charge in [-0.05, 0) is 49.2 Å². The van der Waals surface area contributed by atoms with E-state index in [0.29, 0.717) is 5.94 Å². The van der Waals surface area contributed by atoms with Gasteiger partial charge in [0.1, 0.15) is 0 Å². The number of aromatic nitrogens is 4. The van der Waals surface area contributed by atoms with E-state index in [2.05, 4.69) is 51.8 Å². The van der Waals surface area contributed by atoms with Gasteiger partial charge < -0.3 is 4.74 Å². The molecule has 0 aliphatic carbocycles. The van der Waals surface area contributed by atoms with Crippen LogP contribution in [0.4, 0.5) is 0 Å². The van der Waals surface area contributed by atoms with Crippen LogP contribution in [0.2, 0.25) is 0 Å². The molecule has 0 radical (unpaired) electrons. The lowest BCUT2D eigenvalue weighted by Gasteiger charge is -2.12. The van der Waals surface area contributed by atoms with E-state index in [-0.39, 0.29) is 0 Å². The van der Waals surface area contributed by atoms with Gasteiger partial charge in [-0.2, -0.15) is 0 Å². The van der Waals surface area contributed by atoms with Crippen molar-refractivity contribution in [1.29, 1.82) is 0 Å². The summed E-state index contributed by atoms with van der Waals surface area (Å²) in [5, 5.41) is 9.52. The molecule has 2 aromatic heterocycles. The molecule has 118 valence electrons. The number of hydrogen-bond donors (Lipinski definition) is 0. The second kappa shape index (κ2) is 6.93. The first-order chi connectivity index (χ1) is 11.2. The second-order valence-electron chi connectivity index (χ2n) is 5.20. The van der Waals surface area contributed by atoms with Crippen molar-refractivity contribution in [2.45, 2.75) is 19.0 Å². The zero-order chi connectivity index (χ0) is 16.2. The summed E-state index contributed by atoms with van der Waals surface area (Å²) in [6.07, 6.45) is 3.52. The van der Waals surface area contributed by atoms with E-state index in [1.54, 1.807) is 19.5 Å². The number of rotatable bonds is 5. The first-order valence-electron chi connectivity index (χ1n) is 7.26. The van der Waals surface area contributed by atoms with Crippen LogP contribution < -0.4 is 0 Å². The van der Waals surface area contributed by atoms with Gasteiger partial charge in [-0.25, -0.2) is 0 Å². The number of aryl methyl sites for hydroxylation is 2. The monoisotopic (exact) mass is 326 g/mol. The highest BCUT2D eigenvalue weighted by Gasteiger charge is 2.16. The average Bonchev–Trinajstić information content (AvgIpc) is 3.00. The van der Waals surface area contributed by atoms with Gasteiger partial charge in [-0.15, -0.1) is 10.2 Å². The zero-order valence-corrected chi connectivity index (χ0v) is 14.2. The van der Waals surface area contributed by atoms with Crippen molar-refractivity contribution in [1.82, 2.24) is 19.7 Å². The van der Waals surface area contributed by atoms with Crippen molar-refractivity contribution in [3.8, 4) is 17.1 Å². The van der Waals surface area contributed by atoms with Gasteiger partial charge in [-0.3, -0.25) is 9.55 Å². The number of methoxy groups -OCH3 is 1. The van der Waals surface area contributed by atoms with Gasteiger partial charge in [0.25, 0.3) is 0 Å². The first-order valence-corrected chi connectivity index (χ1v) is 8.24. The molecular formula is C17H18N4OS. The summed E-state index contributed by atoms with van der Waals surface area (Å²) in [6, 6.07) is 10.2. The van der Waals surface area contributed by atoms with E-state index in [0.717, 1.165) is 22.2 Å². The van der Waals surface area contributed by atoms with Crippen LogP contribution in [0.1, 0.15) is 11.1 Å². The number of hydrogen-bond acceptors (Lipinski definition) is 5. The Morgan fingerprint density at radius 3 is 2.52 bits per heavy atom. The van der Waals surface area contributed by atoms with Gasteiger partial charge in [-0.1, -0.05) is 17.8 Å². The van der Waals surface area contributed by atoms with Gasteiger partial charge >= 0.3 is 0 Å². The van der Waals surface area contributed by atoms with E-state index in [1.807, 2.05) is 12.1 Å². The summed E-state index contributed by atoms with van der Waals surface area (Å²) in [6.45, 7) is 4.22. The minimum atomic E-state index is 0.527. The van der Waals surface area contributed by atoms with Crippen molar-refractivity contribution < 1.29 is 4.74 Å². The molecule has 6 heteroatoms. The van der Waals surface area contributed by atoms with Gasteiger partial charge in [0.2, 0.25) is 0 Å². The van der Waals surface area contributed by atoms with Gasteiger partial charge in [0.05, 0.1) is 11.6 Å². The smallest absolute Gasteiger partial charge is 0.198 e. The Labute approximate surface area is 139 Å². The Morgan fingerprint density at radius 1 is 1.04 bits per heavy atom. The molecule has 0 aliphatic rings. The van der Waals surface area contributed by atoms with Crippen LogP contribution in [0.25, 0.3) is 17.1 Å². The number of thioether (sulfide) groups is 1. The van der Waals surface area contributed by atoms with Crippen LogP contribution in [-0.4, -0.2) is 32.8 Å². The quantitative estimate of drug-likeness (QED) is 0.529. The molecule has 1 aromatic carbocycles. The Kier molecular flexibility index (Phi) is 4.73. The predicted octanol–water partition coefficient (Wildman–Crippen LogP) is 3.64. The fourth-order valence-electron chi connectivity index (χ4n) is 2.26. The largest absolute Gasteiger partial charge is 0.374 e. The molecule has 0 saturated carbocycles. The van der Waals surface area contributed by atoms with Gasteiger partial charge in [0, 0.05) is 25.1 Å². The number of benzene rings is 1. The summed E-state index contributed by atoms with van der Waals surface area (Å²) in [4.78, 5) is 4.07. The lowest BCUT2D eigenvalue weighted by Crippen LogP contribution is -2.01. The van der Waals surface area contributed by atoms with Crippen molar-refractivity contribution >= 4 is 11.8 Å². The van der Waals surface area contributed by atoms with Crippen LogP contribution in [0.15, 0.2) is 47.9 Å². The molecule has 0 amide bonds. The highest BCUT2D eigenvalue weighted by atomic mass is 32.2. The maximum atomic E-state index is 5.17. The normalized spacial score (nSPS) is 10.9. The number of nitrogens with zero attached hydrogens (tertiary/aromatic N) is 4. The lowest BCUT2D eigenvalue weighted by molar-refractivity contribution is 0.258. The summed E-state index contributed by atoms with van der Waals surface area (Å²) in [7, 11) is 1.67. The molecule has 0 spiro atoms. The molecule has 3 rings (SSSR count). The highest BCUT2D eigenvalue weighted by molar-refractivity contribution is 7.99. The highest BCUT2D eigenvalue weighted by Crippen LogP contribution is 2.28. The van der Waals surface area contributed by atoms with Gasteiger partial charge in [0.15, 0.2) is 11.0 Å². The summed E-state index contributed by atoms with van der Waals surface area (Å²) < 4.78 is 7.23. The summed E-state index contributed by atoms with van der Waals surface area (Å²) >= 11 is 1.52. The number of pyridine rings is 1. The molecule has 0 unspecified atom stereocenters. The Bertz CT molecular complexity index is 802. The molecular weight excluding hydrogens is 308 g/mol. The van der Waals surface area contributed by atoms with Crippen molar-refractivity contribution in [3.05, 3.63) is 53.9 Å². The molecule has 0 fully saturated rings. The fourth-order valence-corrected chi connectivity index (χ4v) is 2.90. The van der Waals surface area contributed by atoms with Crippen LogP contribution in [0.3, 0.4) is 0 Å². The van der Waals surface area contributed by atoms with Crippen molar-refractivity contribution in [2.24, 2.45) is 0 Å². The lowest BCUT2D eigenvalue weighted by atomic mass is 10.1. The van der Waals surface area contributed by atoms with Crippen LogP contribution in [-0.2, 0) is 4.74 Å². The topological polar surface area (TPSA) is 52.8 Å². The second-order valence-corrected chi connectivity index (χ2v) is 6.09. The molecule has 0 aliphatic heterocycles. The Morgan fingerprint density at radius 2 is 1.83 bits per heavy atom. The fraction of sp³-hybridized carbons (Fsp3) is 0.235. The van der Waals surface area contributed by atoms with E-state index < -0.39 is 0 Å². The maximum absolute atomic E-state index is 5.17. The minimum Gasteiger partial charge on any atom is -0.374 e. The molecule has 0 atom stereocenters. The standard InChI is InChI=1S/C17H18N4OS/c1-12-4-5-15(10-13(12)2)21-16(14-6-8-18-9-7-14)19-20-17(21)23-11-22-3/h4-10H,11H2,1-3H3. The maximum Gasteiger partial charge on any atom is 0.198 e. The Hall–Kier alpha value is -2.18. The third-order valence-corrected chi connectivity index (χ3v) is 4.50. The van der Waals surface area contributed by atoms with Crippen LogP contribution in [0.5, 0.6) is 0 Å². The zero-order valence-electron chi connectivity index (χ0n) is 13.4. The van der Waals surface area contributed by atoms with E-state index in [1.165, 1.54) is 22.9 Å². The van der Waals surface area contributed by atoms with E-state index in [9.17, 15) is 0 Å².